The molecule has 0 spiro atoms. The molecular formula is C20H24BrN5O. The number of fused-ring (bicyclic) bond motifs is 2. The molecule has 1 aromatic carbocycles. The summed E-state index contributed by atoms with van der Waals surface area (Å²) in [7, 11) is 1.70. The number of hydrogen-bond donors (Lipinski definition) is 0. The molecule has 6 nitrogen and oxygen atoms in total. The SMILES string of the molecule is CCC(CC)n1nnc2c(N3CCc4cc(OC)cc(Br)c43)nc(C)cc21. The molecule has 2 aromatic heterocycles. The Kier molecular flexibility index (Phi) is 4.80. The molecule has 0 atom stereocenters. The number of aromatic nitrogens is 4. The maximum absolute atomic E-state index is 5.42. The highest BCUT2D eigenvalue weighted by Crippen LogP contribution is 2.43. The first kappa shape index (κ1) is 18.2. The molecule has 0 N–H and O–H groups in total. The largest absolute Gasteiger partial charge is 0.497 e. The molecule has 0 unspecified atom stereocenters. The van der Waals surface area contributed by atoms with Crippen molar-refractivity contribution >= 4 is 38.5 Å². The number of methoxy groups -OCH3 is 1. The van der Waals surface area contributed by atoms with Gasteiger partial charge in [0.1, 0.15) is 5.75 Å². The second kappa shape index (κ2) is 7.11. The Morgan fingerprint density at radius 2 is 2.00 bits per heavy atom. The van der Waals surface area contributed by atoms with Crippen LogP contribution in [0.4, 0.5) is 11.5 Å². The van der Waals surface area contributed by atoms with Gasteiger partial charge in [-0.2, -0.15) is 0 Å². The van der Waals surface area contributed by atoms with Gasteiger partial charge in [0.15, 0.2) is 11.3 Å². The van der Waals surface area contributed by atoms with E-state index in [4.69, 9.17) is 9.72 Å². The predicted octanol–water partition coefficient (Wildman–Crippen LogP) is 4.96. The van der Waals surface area contributed by atoms with Crippen LogP contribution in [-0.2, 0) is 6.42 Å². The highest BCUT2D eigenvalue weighted by atomic mass is 79.9. The summed E-state index contributed by atoms with van der Waals surface area (Å²) in [6.07, 6.45) is 3.01. The van der Waals surface area contributed by atoms with E-state index >= 15 is 0 Å². The van der Waals surface area contributed by atoms with Gasteiger partial charge in [-0.05, 0) is 65.9 Å². The number of nitrogens with zero attached hydrogens (tertiary/aromatic N) is 5. The summed E-state index contributed by atoms with van der Waals surface area (Å²) in [6.45, 7) is 7.29. The van der Waals surface area contributed by atoms with Gasteiger partial charge in [0, 0.05) is 16.7 Å². The van der Waals surface area contributed by atoms with Crippen molar-refractivity contribution in [3.05, 3.63) is 33.9 Å². The first-order valence-electron chi connectivity index (χ1n) is 9.43. The molecule has 0 bridgehead atoms. The number of ether oxygens (including phenoxy) is 1. The number of halogens is 1. The van der Waals surface area contributed by atoms with Gasteiger partial charge in [-0.3, -0.25) is 0 Å². The molecule has 3 heterocycles. The van der Waals surface area contributed by atoms with E-state index in [1.54, 1.807) is 7.11 Å². The van der Waals surface area contributed by atoms with Crippen molar-refractivity contribution in [2.24, 2.45) is 0 Å². The van der Waals surface area contributed by atoms with Crippen molar-refractivity contribution < 1.29 is 4.74 Å². The van der Waals surface area contributed by atoms with E-state index < -0.39 is 0 Å². The fourth-order valence-electron chi connectivity index (χ4n) is 3.93. The lowest BCUT2D eigenvalue weighted by molar-refractivity contribution is 0.414. The Labute approximate surface area is 167 Å². The zero-order valence-corrected chi connectivity index (χ0v) is 17.7. The van der Waals surface area contributed by atoms with Gasteiger partial charge in [-0.15, -0.1) is 5.10 Å². The third-order valence-electron chi connectivity index (χ3n) is 5.34. The molecular weight excluding hydrogens is 406 g/mol. The van der Waals surface area contributed by atoms with E-state index in [1.165, 1.54) is 5.56 Å². The fraction of sp³-hybridized carbons (Fsp3) is 0.450. The standard InChI is InChI=1S/C20H24BrN5O/c1-5-14(6-2)26-17-9-12(3)22-20(18(17)23-24-26)25-8-7-13-10-15(27-4)11-16(21)19(13)25/h9-11,14H,5-8H2,1-4H3. The molecule has 27 heavy (non-hydrogen) atoms. The second-order valence-corrected chi connectivity index (χ2v) is 7.83. The van der Waals surface area contributed by atoms with Crippen LogP contribution in [0.5, 0.6) is 5.75 Å². The Hall–Kier alpha value is -2.15. The number of rotatable bonds is 5. The lowest BCUT2D eigenvalue weighted by Crippen LogP contribution is -2.16. The van der Waals surface area contributed by atoms with Crippen LogP contribution in [0.2, 0.25) is 0 Å². The van der Waals surface area contributed by atoms with E-state index in [0.29, 0.717) is 6.04 Å². The Morgan fingerprint density at radius 1 is 1.22 bits per heavy atom. The van der Waals surface area contributed by atoms with Gasteiger partial charge in [0.2, 0.25) is 0 Å². The summed E-state index contributed by atoms with van der Waals surface area (Å²) in [5, 5.41) is 9.01. The van der Waals surface area contributed by atoms with Crippen LogP contribution in [-0.4, -0.2) is 33.6 Å². The van der Waals surface area contributed by atoms with Gasteiger partial charge in [0.25, 0.3) is 0 Å². The van der Waals surface area contributed by atoms with E-state index in [2.05, 4.69) is 61.8 Å². The Balaban J connectivity index is 1.88. The van der Waals surface area contributed by atoms with E-state index in [0.717, 1.165) is 64.3 Å². The van der Waals surface area contributed by atoms with Gasteiger partial charge < -0.3 is 9.64 Å². The van der Waals surface area contributed by atoms with Crippen molar-refractivity contribution in [2.75, 3.05) is 18.6 Å². The summed E-state index contributed by atoms with van der Waals surface area (Å²) in [4.78, 5) is 7.10. The van der Waals surface area contributed by atoms with Gasteiger partial charge in [-0.25, -0.2) is 9.67 Å². The van der Waals surface area contributed by atoms with Gasteiger partial charge in [0.05, 0.1) is 24.4 Å². The molecule has 1 aliphatic rings. The molecule has 0 aliphatic carbocycles. The summed E-state index contributed by atoms with van der Waals surface area (Å²) >= 11 is 3.72. The quantitative estimate of drug-likeness (QED) is 0.573. The minimum Gasteiger partial charge on any atom is -0.497 e. The van der Waals surface area contributed by atoms with Crippen LogP contribution >= 0.6 is 15.9 Å². The maximum Gasteiger partial charge on any atom is 0.163 e. The second-order valence-electron chi connectivity index (χ2n) is 6.98. The maximum atomic E-state index is 5.42. The van der Waals surface area contributed by atoms with E-state index in [1.807, 2.05) is 13.0 Å². The number of hydrogen-bond acceptors (Lipinski definition) is 5. The minimum atomic E-state index is 0.353. The zero-order valence-electron chi connectivity index (χ0n) is 16.2. The van der Waals surface area contributed by atoms with Crippen LogP contribution < -0.4 is 9.64 Å². The minimum absolute atomic E-state index is 0.353. The number of benzene rings is 1. The summed E-state index contributed by atoms with van der Waals surface area (Å²) < 4.78 is 8.49. The average Bonchev–Trinajstić information content (AvgIpc) is 3.27. The highest BCUT2D eigenvalue weighted by Gasteiger charge is 2.28. The van der Waals surface area contributed by atoms with Crippen molar-refractivity contribution in [2.45, 2.75) is 46.1 Å². The molecule has 4 rings (SSSR count). The Bertz CT molecular complexity index is 996. The summed E-state index contributed by atoms with van der Waals surface area (Å²) in [5.74, 6) is 1.75. The molecule has 142 valence electrons. The van der Waals surface area contributed by atoms with Crippen LogP contribution in [0, 0.1) is 6.92 Å². The van der Waals surface area contributed by atoms with Crippen LogP contribution in [0.15, 0.2) is 22.7 Å². The van der Waals surface area contributed by atoms with Crippen LogP contribution in [0.25, 0.3) is 11.0 Å². The molecule has 0 saturated heterocycles. The zero-order chi connectivity index (χ0) is 19.1. The normalized spacial score (nSPS) is 13.6. The highest BCUT2D eigenvalue weighted by molar-refractivity contribution is 9.10. The van der Waals surface area contributed by atoms with Crippen molar-refractivity contribution in [3.63, 3.8) is 0 Å². The molecule has 0 amide bonds. The van der Waals surface area contributed by atoms with Crippen LogP contribution in [0.3, 0.4) is 0 Å². The lowest BCUT2D eigenvalue weighted by Gasteiger charge is -2.21. The van der Waals surface area contributed by atoms with Gasteiger partial charge >= 0.3 is 0 Å². The molecule has 1 aliphatic heterocycles. The van der Waals surface area contributed by atoms with Crippen molar-refractivity contribution in [1.29, 1.82) is 0 Å². The lowest BCUT2D eigenvalue weighted by atomic mass is 10.1. The molecule has 0 fully saturated rings. The third kappa shape index (κ3) is 2.98. The first-order chi connectivity index (χ1) is 13.1. The fourth-order valence-corrected chi connectivity index (χ4v) is 4.63. The molecule has 0 radical (unpaired) electrons. The topological polar surface area (TPSA) is 56.1 Å². The molecule has 0 saturated carbocycles. The number of aryl methyl sites for hydroxylation is 1. The Morgan fingerprint density at radius 3 is 2.70 bits per heavy atom. The average molecular weight is 430 g/mol. The smallest absolute Gasteiger partial charge is 0.163 e. The van der Waals surface area contributed by atoms with Crippen molar-refractivity contribution in [3.8, 4) is 5.75 Å². The monoisotopic (exact) mass is 429 g/mol. The number of pyridine rings is 1. The van der Waals surface area contributed by atoms with E-state index in [-0.39, 0.29) is 0 Å². The van der Waals surface area contributed by atoms with E-state index in [9.17, 15) is 0 Å². The first-order valence-corrected chi connectivity index (χ1v) is 10.2. The summed E-state index contributed by atoms with van der Waals surface area (Å²) in [5.41, 5.74) is 5.30. The molecule has 7 heteroatoms. The summed E-state index contributed by atoms with van der Waals surface area (Å²) in [6, 6.07) is 6.56. The van der Waals surface area contributed by atoms with Crippen molar-refractivity contribution in [1.82, 2.24) is 20.0 Å². The third-order valence-corrected chi connectivity index (χ3v) is 5.94. The number of anilines is 2. The van der Waals surface area contributed by atoms with Crippen LogP contribution in [0.1, 0.15) is 44.0 Å². The predicted molar refractivity (Wildman–Crippen MR) is 111 cm³/mol. The van der Waals surface area contributed by atoms with Gasteiger partial charge in [-0.1, -0.05) is 19.1 Å². The molecule has 3 aromatic rings.